The molecule has 0 spiro atoms. The molecular weight excluding hydrogens is 188 g/mol. The molecule has 0 saturated heterocycles. The summed E-state index contributed by atoms with van der Waals surface area (Å²) in [4.78, 5) is 0. The number of hydrogen-bond acceptors (Lipinski definition) is 2. The third-order valence-corrected chi connectivity index (χ3v) is 2.18. The fourth-order valence-corrected chi connectivity index (χ4v) is 1.75. The first-order valence-electron chi connectivity index (χ1n) is 6.04. The third kappa shape index (κ3) is 8.88. The van der Waals surface area contributed by atoms with Gasteiger partial charge in [-0.05, 0) is 38.5 Å². The normalized spacial score (nSPS) is 14.2. The molecule has 0 aromatic carbocycles. The van der Waals surface area contributed by atoms with Crippen molar-refractivity contribution >= 4 is 0 Å². The topological polar surface area (TPSA) is 18.5 Å². The van der Waals surface area contributed by atoms with Gasteiger partial charge >= 0.3 is 0 Å². The van der Waals surface area contributed by atoms with E-state index in [0.717, 1.165) is 12.8 Å². The molecule has 0 amide bonds. The zero-order chi connectivity index (χ0) is 11.8. The minimum atomic E-state index is -0.127. The van der Waals surface area contributed by atoms with Crippen LogP contribution in [-0.2, 0) is 9.47 Å². The molecule has 0 aromatic rings. The Labute approximate surface area is 95.3 Å². The Morgan fingerprint density at radius 2 is 1.40 bits per heavy atom. The van der Waals surface area contributed by atoms with Crippen molar-refractivity contribution in [3.63, 3.8) is 0 Å². The molecule has 0 saturated carbocycles. The van der Waals surface area contributed by atoms with E-state index in [-0.39, 0.29) is 6.29 Å². The summed E-state index contributed by atoms with van der Waals surface area (Å²) in [6, 6.07) is 0. The standard InChI is InChI=1S/C13H27O2/c1-7-14-12(6)15-13(8-10(2)3)9-11(4)5/h7,10-13H,8-9H2,1-6H3. The SMILES string of the molecule is C[CH]OC(C)OC(CC(C)C)CC(C)C. The van der Waals surface area contributed by atoms with Crippen LogP contribution in [0.5, 0.6) is 0 Å². The second-order valence-corrected chi connectivity index (χ2v) is 4.96. The Hall–Kier alpha value is -0.0800. The van der Waals surface area contributed by atoms with Gasteiger partial charge in [0.1, 0.15) is 0 Å². The number of hydrogen-bond donors (Lipinski definition) is 0. The van der Waals surface area contributed by atoms with Gasteiger partial charge in [-0.15, -0.1) is 0 Å². The van der Waals surface area contributed by atoms with Crippen molar-refractivity contribution in [3.05, 3.63) is 6.61 Å². The van der Waals surface area contributed by atoms with Crippen LogP contribution < -0.4 is 0 Å². The summed E-state index contributed by atoms with van der Waals surface area (Å²) in [5.74, 6) is 1.35. The van der Waals surface area contributed by atoms with Gasteiger partial charge in [0.05, 0.1) is 12.7 Å². The zero-order valence-corrected chi connectivity index (χ0v) is 11.1. The molecule has 2 nitrogen and oxygen atoms in total. The highest BCUT2D eigenvalue weighted by molar-refractivity contribution is 4.64. The van der Waals surface area contributed by atoms with Crippen LogP contribution >= 0.6 is 0 Å². The average molecular weight is 215 g/mol. The van der Waals surface area contributed by atoms with Crippen molar-refractivity contribution in [2.75, 3.05) is 0 Å². The van der Waals surface area contributed by atoms with Crippen molar-refractivity contribution in [1.82, 2.24) is 0 Å². The first-order chi connectivity index (χ1) is 6.95. The van der Waals surface area contributed by atoms with E-state index in [1.165, 1.54) is 0 Å². The molecule has 2 heteroatoms. The van der Waals surface area contributed by atoms with E-state index >= 15 is 0 Å². The molecule has 0 aromatic heterocycles. The summed E-state index contributed by atoms with van der Waals surface area (Å²) in [7, 11) is 0. The minimum absolute atomic E-state index is 0.127. The van der Waals surface area contributed by atoms with E-state index in [0.29, 0.717) is 17.9 Å². The lowest BCUT2D eigenvalue weighted by Gasteiger charge is -2.25. The number of ether oxygens (including phenoxy) is 2. The third-order valence-electron chi connectivity index (χ3n) is 2.18. The Kier molecular flexibility index (Phi) is 8.07. The molecule has 91 valence electrons. The molecule has 1 unspecified atom stereocenters. The van der Waals surface area contributed by atoms with Gasteiger partial charge in [0.15, 0.2) is 6.29 Å². The second-order valence-electron chi connectivity index (χ2n) is 4.96. The van der Waals surface area contributed by atoms with Gasteiger partial charge < -0.3 is 9.47 Å². The van der Waals surface area contributed by atoms with E-state index in [4.69, 9.17) is 9.47 Å². The summed E-state index contributed by atoms with van der Waals surface area (Å²) in [6.45, 7) is 14.4. The van der Waals surface area contributed by atoms with E-state index in [2.05, 4.69) is 27.7 Å². The molecular formula is C13H27O2. The van der Waals surface area contributed by atoms with Crippen LogP contribution in [-0.4, -0.2) is 12.4 Å². The van der Waals surface area contributed by atoms with Gasteiger partial charge in [0, 0.05) is 0 Å². The molecule has 0 fully saturated rings. The molecule has 0 bridgehead atoms. The van der Waals surface area contributed by atoms with E-state index in [9.17, 15) is 0 Å². The van der Waals surface area contributed by atoms with Crippen molar-refractivity contribution < 1.29 is 9.47 Å². The first kappa shape index (κ1) is 14.9. The van der Waals surface area contributed by atoms with Crippen LogP contribution in [0.25, 0.3) is 0 Å². The smallest absolute Gasteiger partial charge is 0.155 e. The maximum Gasteiger partial charge on any atom is 0.155 e. The van der Waals surface area contributed by atoms with Crippen molar-refractivity contribution in [2.45, 2.75) is 66.8 Å². The minimum Gasteiger partial charge on any atom is -0.350 e. The van der Waals surface area contributed by atoms with Gasteiger partial charge in [0.2, 0.25) is 0 Å². The van der Waals surface area contributed by atoms with Crippen LogP contribution in [0, 0.1) is 18.4 Å². The molecule has 0 aliphatic carbocycles. The molecule has 0 rings (SSSR count). The Morgan fingerprint density at radius 1 is 0.933 bits per heavy atom. The van der Waals surface area contributed by atoms with Gasteiger partial charge in [-0.2, -0.15) is 0 Å². The monoisotopic (exact) mass is 215 g/mol. The molecule has 0 aliphatic heterocycles. The van der Waals surface area contributed by atoms with Crippen LogP contribution in [0.15, 0.2) is 0 Å². The van der Waals surface area contributed by atoms with Gasteiger partial charge in [-0.25, -0.2) is 0 Å². The molecule has 15 heavy (non-hydrogen) atoms. The summed E-state index contributed by atoms with van der Waals surface area (Å²) in [5, 5.41) is 0. The number of rotatable bonds is 8. The molecule has 1 atom stereocenters. The summed E-state index contributed by atoms with van der Waals surface area (Å²) >= 11 is 0. The highest BCUT2D eigenvalue weighted by atomic mass is 16.7. The van der Waals surface area contributed by atoms with Gasteiger partial charge in [-0.3, -0.25) is 0 Å². The maximum absolute atomic E-state index is 5.86. The van der Waals surface area contributed by atoms with Crippen LogP contribution in [0.2, 0.25) is 0 Å². The van der Waals surface area contributed by atoms with E-state index in [1.54, 1.807) is 6.61 Å². The fraction of sp³-hybridized carbons (Fsp3) is 0.923. The summed E-state index contributed by atoms with van der Waals surface area (Å²) < 4.78 is 11.1. The molecule has 0 heterocycles. The first-order valence-corrected chi connectivity index (χ1v) is 6.04. The van der Waals surface area contributed by atoms with E-state index < -0.39 is 0 Å². The lowest BCUT2D eigenvalue weighted by atomic mass is 9.98. The predicted molar refractivity (Wildman–Crippen MR) is 64.3 cm³/mol. The van der Waals surface area contributed by atoms with Crippen LogP contribution in [0.4, 0.5) is 0 Å². The van der Waals surface area contributed by atoms with Gasteiger partial charge in [0.25, 0.3) is 0 Å². The largest absolute Gasteiger partial charge is 0.350 e. The van der Waals surface area contributed by atoms with Crippen molar-refractivity contribution in [2.24, 2.45) is 11.8 Å². The lowest BCUT2D eigenvalue weighted by Crippen LogP contribution is -2.24. The van der Waals surface area contributed by atoms with E-state index in [1.807, 2.05) is 13.8 Å². The average Bonchev–Trinajstić information content (AvgIpc) is 2.00. The molecule has 0 N–H and O–H groups in total. The summed E-state index contributed by atoms with van der Waals surface area (Å²) in [6.07, 6.45) is 2.41. The Bertz CT molecular complexity index is 133. The zero-order valence-electron chi connectivity index (χ0n) is 11.1. The lowest BCUT2D eigenvalue weighted by molar-refractivity contribution is -0.148. The summed E-state index contributed by atoms with van der Waals surface area (Å²) in [5.41, 5.74) is 0. The molecule has 0 aliphatic rings. The van der Waals surface area contributed by atoms with Crippen molar-refractivity contribution in [3.8, 4) is 0 Å². The second kappa shape index (κ2) is 8.12. The van der Waals surface area contributed by atoms with Crippen molar-refractivity contribution in [1.29, 1.82) is 0 Å². The molecule has 1 radical (unpaired) electrons. The predicted octanol–water partition coefficient (Wildman–Crippen LogP) is 4.01. The van der Waals surface area contributed by atoms with Crippen LogP contribution in [0.3, 0.4) is 0 Å². The Balaban J connectivity index is 3.99. The highest BCUT2D eigenvalue weighted by Crippen LogP contribution is 2.18. The van der Waals surface area contributed by atoms with Crippen LogP contribution in [0.1, 0.15) is 54.4 Å². The van der Waals surface area contributed by atoms with Gasteiger partial charge in [-0.1, -0.05) is 27.7 Å². The Morgan fingerprint density at radius 3 is 1.73 bits per heavy atom. The maximum atomic E-state index is 5.86. The highest BCUT2D eigenvalue weighted by Gasteiger charge is 2.16. The fourth-order valence-electron chi connectivity index (χ4n) is 1.75. The quantitative estimate of drug-likeness (QED) is 0.570.